The molecule has 0 radical (unpaired) electrons. The maximum atomic E-state index is 5.12. The maximum Gasteiger partial charge on any atom is 0.160 e. The van der Waals surface area contributed by atoms with Crippen molar-refractivity contribution in [1.29, 1.82) is 0 Å². The Labute approximate surface area is 643 Å². The van der Waals surface area contributed by atoms with Gasteiger partial charge in [0.25, 0.3) is 0 Å². The zero-order valence-corrected chi connectivity index (χ0v) is 60.6. The summed E-state index contributed by atoms with van der Waals surface area (Å²) in [6, 6.07) is 126. The third kappa shape index (κ3) is 12.4. The highest BCUT2D eigenvalue weighted by Crippen LogP contribution is 2.43. The fourth-order valence-electron chi connectivity index (χ4n) is 15.4. The fraction of sp³-hybridized carbons (Fsp3) is 0. The number of para-hydroxylation sites is 3. The van der Waals surface area contributed by atoms with Crippen LogP contribution in [0.25, 0.3) is 208 Å². The fourth-order valence-corrected chi connectivity index (χ4v) is 16.6. The molecule has 0 bridgehead atoms. The largest absolute Gasteiger partial charge is 0.256 e. The molecule has 22 rings (SSSR count). The van der Waals surface area contributed by atoms with Gasteiger partial charge in [0.05, 0.1) is 66.1 Å². The van der Waals surface area contributed by atoms with Crippen LogP contribution in [0.3, 0.4) is 0 Å². The Kier molecular flexibility index (Phi) is 16.9. The molecule has 7 aromatic heterocycles. The summed E-state index contributed by atoms with van der Waals surface area (Å²) in [5.74, 6) is 1.47. The Morgan fingerprint density at radius 3 is 1.05 bits per heavy atom. The number of benzene rings is 15. The van der Waals surface area contributed by atoms with Gasteiger partial charge in [0.15, 0.2) is 11.6 Å². The Balaban J connectivity index is 0.000000109. The standard InChI is InChI=1S/C35H21N3S.2C33H21N3/c1-2-9-23(10-3-1)32-34-33(28-14-6-7-15-30(28)39-34)38-35(37-32)24-18-16-22(17-19-24)29-21-25-11-8-20-36-31(25)27-13-5-4-12-26(27)29;1-2-10-22(11-3-1)32-33(36-30-18-7-6-17-29(30)35-32)24-13-8-12-23(20-24)28-21-25-14-9-19-34-31(25)27-16-5-4-15-26(27)28;1-2-9-23(10-3-1)32-28-14-6-7-15-30(28)35-33(36-32)24-18-16-22(17-19-24)29-21-25-11-8-20-34-31(25)27-13-5-4-12-26(27)29/h1-21H;2*1-21H. The molecule has 0 atom stereocenters. The first-order valence-electron chi connectivity index (χ1n) is 37.0. The van der Waals surface area contributed by atoms with E-state index in [4.69, 9.17) is 29.9 Å². The van der Waals surface area contributed by atoms with E-state index in [0.717, 1.165) is 155 Å². The molecule has 0 spiro atoms. The van der Waals surface area contributed by atoms with E-state index in [1.165, 1.54) is 53.7 Å². The number of pyridine rings is 3. The van der Waals surface area contributed by atoms with Gasteiger partial charge in [0.2, 0.25) is 0 Å². The first-order valence-corrected chi connectivity index (χ1v) is 37.9. The van der Waals surface area contributed by atoms with Crippen LogP contribution < -0.4 is 0 Å². The lowest BCUT2D eigenvalue weighted by Gasteiger charge is -2.13. The molecule has 111 heavy (non-hydrogen) atoms. The summed E-state index contributed by atoms with van der Waals surface area (Å²) < 4.78 is 2.35. The molecule has 7 heterocycles. The topological polar surface area (TPSA) is 116 Å². The minimum Gasteiger partial charge on any atom is -0.256 e. The van der Waals surface area contributed by atoms with Gasteiger partial charge in [0.1, 0.15) is 0 Å². The van der Waals surface area contributed by atoms with E-state index in [2.05, 4.69) is 282 Å². The quantitative estimate of drug-likeness (QED) is 0.130. The van der Waals surface area contributed by atoms with Crippen LogP contribution in [0.5, 0.6) is 0 Å². The lowest BCUT2D eigenvalue weighted by molar-refractivity contribution is 1.23. The number of rotatable bonds is 9. The monoisotopic (exact) mass is 1430 g/mol. The third-order valence-corrected chi connectivity index (χ3v) is 21.9. The van der Waals surface area contributed by atoms with E-state index in [-0.39, 0.29) is 0 Å². The molecule has 0 aliphatic heterocycles. The summed E-state index contributed by atoms with van der Waals surface area (Å²) in [6.45, 7) is 0. The molecule has 0 saturated carbocycles. The summed E-state index contributed by atoms with van der Waals surface area (Å²) >= 11 is 1.76. The van der Waals surface area contributed by atoms with Crippen molar-refractivity contribution in [2.45, 2.75) is 0 Å². The van der Waals surface area contributed by atoms with Crippen molar-refractivity contribution < 1.29 is 0 Å². The zero-order chi connectivity index (χ0) is 73.6. The smallest absolute Gasteiger partial charge is 0.160 e. The summed E-state index contributed by atoms with van der Waals surface area (Å²) in [4.78, 5) is 44.2. The van der Waals surface area contributed by atoms with E-state index in [0.29, 0.717) is 0 Å². The first kappa shape index (κ1) is 65.8. The van der Waals surface area contributed by atoms with Crippen LogP contribution in [-0.4, -0.2) is 44.9 Å². The lowest BCUT2D eigenvalue weighted by atomic mass is 9.93. The van der Waals surface area contributed by atoms with E-state index in [1.54, 1.807) is 11.3 Å². The van der Waals surface area contributed by atoms with Gasteiger partial charge in [-0.25, -0.2) is 29.9 Å². The van der Waals surface area contributed by atoms with Crippen LogP contribution in [0.2, 0.25) is 0 Å². The molecule has 22 aromatic rings. The Morgan fingerprint density at radius 1 is 0.189 bits per heavy atom. The van der Waals surface area contributed by atoms with Gasteiger partial charge in [-0.1, -0.05) is 297 Å². The van der Waals surface area contributed by atoms with Crippen LogP contribution >= 0.6 is 11.3 Å². The molecule has 0 saturated heterocycles. The highest BCUT2D eigenvalue weighted by atomic mass is 32.1. The predicted octanol–water partition coefficient (Wildman–Crippen LogP) is 26.2. The van der Waals surface area contributed by atoms with Crippen LogP contribution in [0.1, 0.15) is 0 Å². The van der Waals surface area contributed by atoms with Crippen LogP contribution in [0, 0.1) is 0 Å². The Morgan fingerprint density at radius 2 is 0.550 bits per heavy atom. The van der Waals surface area contributed by atoms with Crippen molar-refractivity contribution in [3.63, 3.8) is 0 Å². The molecule has 0 amide bonds. The highest BCUT2D eigenvalue weighted by Gasteiger charge is 2.21. The molecule has 518 valence electrons. The minimum atomic E-state index is 0.728. The van der Waals surface area contributed by atoms with Crippen molar-refractivity contribution in [2.75, 3.05) is 0 Å². The lowest BCUT2D eigenvalue weighted by Crippen LogP contribution is -1.95. The van der Waals surface area contributed by atoms with Gasteiger partial charge in [-0.3, -0.25) is 15.0 Å². The number of aromatic nitrogens is 9. The number of hydrogen-bond donors (Lipinski definition) is 0. The SMILES string of the molecule is c1ccc(-c2nc(-c3ccc(-c4cc5cccnc5c5ccccc45)cc3)nc3c2sc2ccccc23)cc1.c1ccc(-c2nc(-c3ccc(-c4cc5cccnc5c5ccccc45)cc3)nc3ccccc23)cc1.c1ccc(-c2nc3ccccc3nc2-c2cccc(-c3cc4cccnc4c4ccccc34)c2)cc1. The van der Waals surface area contributed by atoms with Crippen molar-refractivity contribution in [3.8, 4) is 101 Å². The van der Waals surface area contributed by atoms with Gasteiger partial charge >= 0.3 is 0 Å². The van der Waals surface area contributed by atoms with Crippen LogP contribution in [0.4, 0.5) is 0 Å². The second kappa shape index (κ2) is 28.5. The molecule has 9 nitrogen and oxygen atoms in total. The second-order valence-electron chi connectivity index (χ2n) is 27.5. The molecule has 10 heteroatoms. The number of hydrogen-bond acceptors (Lipinski definition) is 10. The number of thiophene rings is 1. The van der Waals surface area contributed by atoms with Crippen LogP contribution in [0.15, 0.2) is 383 Å². The molecule has 0 aliphatic rings. The highest BCUT2D eigenvalue weighted by molar-refractivity contribution is 7.26. The number of fused-ring (bicyclic) bond motifs is 14. The van der Waals surface area contributed by atoms with E-state index >= 15 is 0 Å². The first-order chi connectivity index (χ1) is 55.0. The van der Waals surface area contributed by atoms with Gasteiger partial charge < -0.3 is 0 Å². The number of nitrogens with zero attached hydrogens (tertiary/aromatic N) is 9. The van der Waals surface area contributed by atoms with Gasteiger partial charge in [-0.05, 0) is 116 Å². The molecule has 0 fully saturated rings. The van der Waals surface area contributed by atoms with Crippen molar-refractivity contribution in [2.24, 2.45) is 0 Å². The Bertz CT molecular complexity index is 7320. The molecular formula is C101H63N9S. The van der Waals surface area contributed by atoms with Gasteiger partial charge in [-0.15, -0.1) is 11.3 Å². The van der Waals surface area contributed by atoms with Crippen molar-refractivity contribution >= 4 is 119 Å². The van der Waals surface area contributed by atoms with Gasteiger partial charge in [-0.2, -0.15) is 0 Å². The van der Waals surface area contributed by atoms with Gasteiger partial charge in [0, 0.05) is 99.8 Å². The average Bonchev–Trinajstić information content (AvgIpc) is 1.75. The summed E-state index contributed by atoms with van der Waals surface area (Å²) in [6.07, 6.45) is 5.58. The Hall–Kier alpha value is -14.7. The minimum absolute atomic E-state index is 0.728. The van der Waals surface area contributed by atoms with E-state index in [9.17, 15) is 0 Å². The molecular weight excluding hydrogens is 1370 g/mol. The second-order valence-corrected chi connectivity index (χ2v) is 28.5. The summed E-state index contributed by atoms with van der Waals surface area (Å²) in [5, 5.41) is 12.7. The van der Waals surface area contributed by atoms with E-state index < -0.39 is 0 Å². The maximum absolute atomic E-state index is 5.12. The molecule has 0 N–H and O–H groups in total. The third-order valence-electron chi connectivity index (χ3n) is 20.7. The van der Waals surface area contributed by atoms with Crippen molar-refractivity contribution in [1.82, 2.24) is 44.9 Å². The molecule has 0 aliphatic carbocycles. The van der Waals surface area contributed by atoms with E-state index in [1.807, 2.05) is 116 Å². The summed E-state index contributed by atoms with van der Waals surface area (Å²) in [7, 11) is 0. The van der Waals surface area contributed by atoms with Crippen molar-refractivity contribution in [3.05, 3.63) is 383 Å². The summed E-state index contributed by atoms with van der Waals surface area (Å²) in [5.41, 5.74) is 23.8. The van der Waals surface area contributed by atoms with Crippen LogP contribution in [-0.2, 0) is 0 Å². The molecule has 0 unspecified atom stereocenters. The average molecular weight is 1430 g/mol. The normalized spacial score (nSPS) is 11.4. The predicted molar refractivity (Wildman–Crippen MR) is 461 cm³/mol. The molecule has 15 aromatic carbocycles. The zero-order valence-electron chi connectivity index (χ0n) is 59.8.